The number of aliphatic carboxylic acids is 1. The zero-order valence-corrected chi connectivity index (χ0v) is 13.8. The number of nitrogens with one attached hydrogen (secondary N) is 1. The predicted octanol–water partition coefficient (Wildman–Crippen LogP) is 3.01. The van der Waals surface area contributed by atoms with Crippen molar-refractivity contribution in [1.29, 1.82) is 0 Å². The third-order valence-electron chi connectivity index (χ3n) is 3.38. The van der Waals surface area contributed by atoms with Crippen molar-refractivity contribution in [2.45, 2.75) is 39.0 Å². The summed E-state index contributed by atoms with van der Waals surface area (Å²) in [6.45, 7) is 7.48. The molecule has 1 aromatic carbocycles. The molecule has 0 bridgehead atoms. The molecular weight excluding hydrogens is 286 g/mol. The number of hydrogen-bond acceptors (Lipinski definition) is 3. The molecule has 0 aromatic heterocycles. The van der Waals surface area contributed by atoms with Crippen LogP contribution in [0.3, 0.4) is 0 Å². The zero-order chi connectivity index (χ0) is 16.0. The number of thioether (sulfide) groups is 1. The van der Waals surface area contributed by atoms with Gasteiger partial charge in [-0.25, -0.2) is 0 Å². The van der Waals surface area contributed by atoms with Gasteiger partial charge in [0.1, 0.15) is 0 Å². The summed E-state index contributed by atoms with van der Waals surface area (Å²) in [7, 11) is 0. The number of carbonyl (C=O) groups is 2. The Balaban J connectivity index is 2.34. The highest BCUT2D eigenvalue weighted by atomic mass is 32.2. The fourth-order valence-electron chi connectivity index (χ4n) is 1.55. The lowest BCUT2D eigenvalue weighted by atomic mass is 9.94. The molecule has 0 aliphatic carbocycles. The molecule has 0 saturated heterocycles. The van der Waals surface area contributed by atoms with Crippen LogP contribution in [-0.2, 0) is 9.59 Å². The van der Waals surface area contributed by atoms with Crippen molar-refractivity contribution in [3.05, 3.63) is 29.3 Å². The Morgan fingerprint density at radius 1 is 1.24 bits per heavy atom. The molecule has 0 radical (unpaired) electrons. The maximum Gasteiger partial charge on any atom is 0.310 e. The molecular formula is C16H23NO3S. The smallest absolute Gasteiger partial charge is 0.310 e. The molecule has 0 saturated carbocycles. The summed E-state index contributed by atoms with van der Waals surface area (Å²) in [5.41, 5.74) is 1.57. The van der Waals surface area contributed by atoms with Gasteiger partial charge in [-0.3, -0.25) is 9.59 Å². The van der Waals surface area contributed by atoms with Crippen molar-refractivity contribution in [3.8, 4) is 0 Å². The second kappa shape index (κ2) is 7.50. The van der Waals surface area contributed by atoms with E-state index in [1.807, 2.05) is 0 Å². The van der Waals surface area contributed by atoms with Crippen LogP contribution >= 0.6 is 11.8 Å². The van der Waals surface area contributed by atoms with Gasteiger partial charge in [0.15, 0.2) is 0 Å². The summed E-state index contributed by atoms with van der Waals surface area (Å²) >= 11 is 1.63. The number of carboxylic acid groups (broad SMARTS) is 1. The van der Waals surface area contributed by atoms with Crippen molar-refractivity contribution in [3.63, 3.8) is 0 Å². The average molecular weight is 309 g/mol. The molecule has 0 aliphatic rings. The zero-order valence-electron chi connectivity index (χ0n) is 13.0. The summed E-state index contributed by atoms with van der Waals surface area (Å²) in [4.78, 5) is 23.8. The van der Waals surface area contributed by atoms with Gasteiger partial charge < -0.3 is 10.4 Å². The lowest BCUT2D eigenvalue weighted by Crippen LogP contribution is -2.38. The van der Waals surface area contributed by atoms with Crippen LogP contribution in [0.2, 0.25) is 0 Å². The highest BCUT2D eigenvalue weighted by molar-refractivity contribution is 7.99. The highest BCUT2D eigenvalue weighted by Crippen LogP contribution is 2.21. The van der Waals surface area contributed by atoms with Gasteiger partial charge >= 0.3 is 5.97 Å². The molecule has 1 amide bonds. The molecule has 0 aliphatic heterocycles. The van der Waals surface area contributed by atoms with Crippen LogP contribution in [0.25, 0.3) is 0 Å². The second-order valence-electron chi connectivity index (χ2n) is 5.81. The van der Waals surface area contributed by atoms with Gasteiger partial charge in [-0.2, -0.15) is 0 Å². The first-order chi connectivity index (χ1) is 9.72. The van der Waals surface area contributed by atoms with Gasteiger partial charge in [0, 0.05) is 23.6 Å². The number of hydrogen-bond donors (Lipinski definition) is 2. The van der Waals surface area contributed by atoms with E-state index in [1.165, 1.54) is 11.1 Å². The maximum atomic E-state index is 11.7. The Morgan fingerprint density at radius 2 is 1.90 bits per heavy atom. The van der Waals surface area contributed by atoms with E-state index in [2.05, 4.69) is 37.4 Å². The number of aryl methyl sites for hydroxylation is 2. The second-order valence-corrected chi connectivity index (χ2v) is 6.98. The molecule has 0 fully saturated rings. The average Bonchev–Trinajstić information content (AvgIpc) is 2.40. The van der Waals surface area contributed by atoms with E-state index in [1.54, 1.807) is 25.6 Å². The largest absolute Gasteiger partial charge is 0.481 e. The van der Waals surface area contributed by atoms with Gasteiger partial charge in [-0.1, -0.05) is 6.07 Å². The number of carboxylic acids is 1. The van der Waals surface area contributed by atoms with E-state index < -0.39 is 11.4 Å². The molecule has 21 heavy (non-hydrogen) atoms. The van der Waals surface area contributed by atoms with E-state index in [4.69, 9.17) is 5.11 Å². The van der Waals surface area contributed by atoms with Crippen LogP contribution in [0.1, 0.15) is 31.4 Å². The van der Waals surface area contributed by atoms with Crippen LogP contribution in [0.4, 0.5) is 0 Å². The number of carbonyl (C=O) groups excluding carboxylic acids is 1. The number of rotatable bonds is 7. The third kappa shape index (κ3) is 5.79. The minimum Gasteiger partial charge on any atom is -0.481 e. The summed E-state index contributed by atoms with van der Waals surface area (Å²) < 4.78 is 0. The molecule has 1 rings (SSSR count). The Kier molecular flexibility index (Phi) is 6.27. The Labute approximate surface area is 130 Å². The van der Waals surface area contributed by atoms with E-state index in [0.29, 0.717) is 12.2 Å². The number of benzene rings is 1. The number of amides is 1. The molecule has 116 valence electrons. The fraction of sp³-hybridized carbons (Fsp3) is 0.500. The molecule has 4 nitrogen and oxygen atoms in total. The Morgan fingerprint density at radius 3 is 2.48 bits per heavy atom. The Bertz CT molecular complexity index is 526. The summed E-state index contributed by atoms with van der Waals surface area (Å²) in [6.07, 6.45) is 0.382. The monoisotopic (exact) mass is 309 g/mol. The van der Waals surface area contributed by atoms with E-state index in [-0.39, 0.29) is 12.5 Å². The highest BCUT2D eigenvalue weighted by Gasteiger charge is 2.27. The first-order valence-corrected chi connectivity index (χ1v) is 7.91. The molecule has 0 unspecified atom stereocenters. The molecule has 0 atom stereocenters. The van der Waals surface area contributed by atoms with Gasteiger partial charge in [0.2, 0.25) is 5.91 Å². The summed E-state index contributed by atoms with van der Waals surface area (Å²) in [6, 6.07) is 6.25. The summed E-state index contributed by atoms with van der Waals surface area (Å²) in [5, 5.41) is 11.6. The first kappa shape index (κ1) is 17.6. The van der Waals surface area contributed by atoms with Crippen LogP contribution < -0.4 is 5.32 Å². The third-order valence-corrected chi connectivity index (χ3v) is 4.38. The van der Waals surface area contributed by atoms with Crippen molar-refractivity contribution in [2.24, 2.45) is 5.41 Å². The minimum atomic E-state index is -0.934. The predicted molar refractivity (Wildman–Crippen MR) is 85.7 cm³/mol. The standard InChI is InChI=1S/C16H23NO3S/c1-11-5-6-13(9-12(11)2)21-8-7-14(18)17-10-16(3,4)15(19)20/h5-6,9H,7-8,10H2,1-4H3,(H,17,18)(H,19,20). The summed E-state index contributed by atoms with van der Waals surface area (Å²) in [5.74, 6) is -0.338. The maximum absolute atomic E-state index is 11.7. The first-order valence-electron chi connectivity index (χ1n) is 6.92. The Hall–Kier alpha value is -1.49. The van der Waals surface area contributed by atoms with Crippen molar-refractivity contribution in [2.75, 3.05) is 12.3 Å². The van der Waals surface area contributed by atoms with Crippen molar-refractivity contribution < 1.29 is 14.7 Å². The van der Waals surface area contributed by atoms with Crippen molar-refractivity contribution >= 4 is 23.6 Å². The molecule has 1 aromatic rings. The topological polar surface area (TPSA) is 66.4 Å². The van der Waals surface area contributed by atoms with Gasteiger partial charge in [-0.15, -0.1) is 11.8 Å². The van der Waals surface area contributed by atoms with E-state index in [0.717, 1.165) is 4.90 Å². The molecule has 0 heterocycles. The fourth-order valence-corrected chi connectivity index (χ4v) is 2.50. The van der Waals surface area contributed by atoms with Crippen LogP contribution in [0, 0.1) is 19.3 Å². The van der Waals surface area contributed by atoms with Crippen LogP contribution in [-0.4, -0.2) is 29.3 Å². The van der Waals surface area contributed by atoms with E-state index in [9.17, 15) is 9.59 Å². The van der Waals surface area contributed by atoms with Crippen LogP contribution in [0.5, 0.6) is 0 Å². The van der Waals surface area contributed by atoms with Gasteiger partial charge in [0.25, 0.3) is 0 Å². The molecule has 2 N–H and O–H groups in total. The normalized spacial score (nSPS) is 11.2. The SMILES string of the molecule is Cc1ccc(SCCC(=O)NCC(C)(C)C(=O)O)cc1C. The molecule has 5 heteroatoms. The lowest BCUT2D eigenvalue weighted by Gasteiger charge is -2.19. The van der Waals surface area contributed by atoms with E-state index >= 15 is 0 Å². The van der Waals surface area contributed by atoms with Crippen LogP contribution in [0.15, 0.2) is 23.1 Å². The minimum absolute atomic E-state index is 0.111. The lowest BCUT2D eigenvalue weighted by molar-refractivity contribution is -0.146. The van der Waals surface area contributed by atoms with Crippen molar-refractivity contribution in [1.82, 2.24) is 5.32 Å². The van der Waals surface area contributed by atoms with Gasteiger partial charge in [-0.05, 0) is 51.0 Å². The molecule has 0 spiro atoms. The van der Waals surface area contributed by atoms with Gasteiger partial charge in [0.05, 0.1) is 5.41 Å². The quantitative estimate of drug-likeness (QED) is 0.760.